The molecule has 1 rings (SSSR count). The summed E-state index contributed by atoms with van der Waals surface area (Å²) in [5, 5.41) is 21.9. The maximum Gasteiger partial charge on any atom is 0.326 e. The van der Waals surface area contributed by atoms with E-state index in [4.69, 9.17) is 16.7 Å². The Kier molecular flexibility index (Phi) is 6.44. The Labute approximate surface area is 136 Å². The van der Waals surface area contributed by atoms with Crippen molar-refractivity contribution in [1.29, 1.82) is 0 Å². The van der Waals surface area contributed by atoms with Gasteiger partial charge < -0.3 is 10.4 Å². The Morgan fingerprint density at radius 3 is 2.52 bits per heavy atom. The molecule has 0 unspecified atom stereocenters. The molecule has 0 radical (unpaired) electrons. The molecule has 0 aliphatic carbocycles. The highest BCUT2D eigenvalue weighted by Gasteiger charge is 2.24. The zero-order valence-corrected chi connectivity index (χ0v) is 13.3. The lowest BCUT2D eigenvalue weighted by Crippen LogP contribution is -2.42. The smallest absolute Gasteiger partial charge is 0.326 e. The molecular formula is C14H16ClFN2O5. The fourth-order valence-electron chi connectivity index (χ4n) is 2.00. The van der Waals surface area contributed by atoms with Gasteiger partial charge >= 0.3 is 5.97 Å². The molecule has 0 aliphatic rings. The van der Waals surface area contributed by atoms with Crippen LogP contribution in [0.3, 0.4) is 0 Å². The molecule has 0 heterocycles. The number of nitrogens with one attached hydrogen (secondary N) is 1. The van der Waals surface area contributed by atoms with Gasteiger partial charge in [-0.25, -0.2) is 9.18 Å². The average molecular weight is 347 g/mol. The molecular weight excluding hydrogens is 331 g/mol. The summed E-state index contributed by atoms with van der Waals surface area (Å²) in [7, 11) is 0. The highest BCUT2D eigenvalue weighted by molar-refractivity contribution is 6.31. The number of carbonyl (C=O) groups excluding carboxylic acids is 1. The number of hydrogen-bond acceptors (Lipinski definition) is 4. The summed E-state index contributed by atoms with van der Waals surface area (Å²) in [4.78, 5) is 33.2. The molecule has 0 bridgehead atoms. The second kappa shape index (κ2) is 7.87. The van der Waals surface area contributed by atoms with Gasteiger partial charge in [0.1, 0.15) is 11.9 Å². The number of carbonyl (C=O) groups is 2. The second-order valence-electron chi connectivity index (χ2n) is 5.42. The zero-order chi connectivity index (χ0) is 17.7. The quantitative estimate of drug-likeness (QED) is 0.582. The largest absolute Gasteiger partial charge is 0.480 e. The Hall–Kier alpha value is -2.22. The van der Waals surface area contributed by atoms with E-state index in [0.717, 1.165) is 12.1 Å². The molecule has 126 valence electrons. The summed E-state index contributed by atoms with van der Waals surface area (Å²) in [5.74, 6) is -2.82. The Morgan fingerprint density at radius 1 is 1.43 bits per heavy atom. The van der Waals surface area contributed by atoms with Crippen molar-refractivity contribution in [2.75, 3.05) is 0 Å². The van der Waals surface area contributed by atoms with Crippen LogP contribution in [0.5, 0.6) is 0 Å². The van der Waals surface area contributed by atoms with Crippen LogP contribution >= 0.6 is 11.6 Å². The first kappa shape index (κ1) is 18.8. The van der Waals surface area contributed by atoms with E-state index in [1.807, 2.05) is 0 Å². The first-order chi connectivity index (χ1) is 10.6. The van der Waals surface area contributed by atoms with Gasteiger partial charge in [0.15, 0.2) is 0 Å². The van der Waals surface area contributed by atoms with E-state index in [-0.39, 0.29) is 17.9 Å². The lowest BCUT2D eigenvalue weighted by Gasteiger charge is -2.16. The predicted molar refractivity (Wildman–Crippen MR) is 80.8 cm³/mol. The minimum atomic E-state index is -1.20. The number of carboxylic acid groups (broad SMARTS) is 1. The van der Waals surface area contributed by atoms with Crippen LogP contribution in [0.2, 0.25) is 5.02 Å². The van der Waals surface area contributed by atoms with Crippen molar-refractivity contribution in [3.63, 3.8) is 0 Å². The topological polar surface area (TPSA) is 110 Å². The van der Waals surface area contributed by atoms with Gasteiger partial charge in [0.2, 0.25) is 5.91 Å². The standard InChI is InChI=1S/C14H16ClFN2O5/c1-7(2)3-11(14(20)21)17-13(19)5-8-4-10(16)9(15)6-12(8)18(22)23/h4,6-7,11H,3,5H2,1-2H3,(H,17,19)(H,20,21)/t11-/m0/s1. The fourth-order valence-corrected chi connectivity index (χ4v) is 2.16. The van der Waals surface area contributed by atoms with Crippen LogP contribution in [0, 0.1) is 21.8 Å². The molecule has 0 aliphatic heterocycles. The highest BCUT2D eigenvalue weighted by Crippen LogP contribution is 2.26. The SMILES string of the molecule is CC(C)C[C@H](NC(=O)Cc1cc(F)c(Cl)cc1[N+](=O)[O-])C(=O)O. The molecule has 1 amide bonds. The normalized spacial score (nSPS) is 12.0. The van der Waals surface area contributed by atoms with E-state index in [2.05, 4.69) is 5.32 Å². The van der Waals surface area contributed by atoms with Gasteiger partial charge in [-0.2, -0.15) is 0 Å². The second-order valence-corrected chi connectivity index (χ2v) is 5.82. The zero-order valence-electron chi connectivity index (χ0n) is 12.5. The Morgan fingerprint density at radius 2 is 2.04 bits per heavy atom. The van der Waals surface area contributed by atoms with Crippen LogP contribution < -0.4 is 5.32 Å². The maximum atomic E-state index is 13.5. The number of hydrogen-bond donors (Lipinski definition) is 2. The van der Waals surface area contributed by atoms with Gasteiger partial charge in [0.25, 0.3) is 5.69 Å². The molecule has 9 heteroatoms. The van der Waals surface area contributed by atoms with Crippen LogP contribution in [0.4, 0.5) is 10.1 Å². The lowest BCUT2D eigenvalue weighted by molar-refractivity contribution is -0.385. The summed E-state index contributed by atoms with van der Waals surface area (Å²) < 4.78 is 13.5. The molecule has 0 aromatic heterocycles. The van der Waals surface area contributed by atoms with Crippen LogP contribution in [-0.2, 0) is 16.0 Å². The number of benzene rings is 1. The molecule has 0 saturated heterocycles. The minimum absolute atomic E-state index is 0.0266. The van der Waals surface area contributed by atoms with Crippen LogP contribution in [0.15, 0.2) is 12.1 Å². The van der Waals surface area contributed by atoms with Crippen molar-refractivity contribution in [1.82, 2.24) is 5.32 Å². The number of nitrogens with zero attached hydrogens (tertiary/aromatic N) is 1. The van der Waals surface area contributed by atoms with Gasteiger partial charge in [0, 0.05) is 11.6 Å². The summed E-state index contributed by atoms with van der Waals surface area (Å²) in [5.41, 5.74) is -0.676. The number of nitro groups is 1. The van der Waals surface area contributed by atoms with Crippen LogP contribution in [-0.4, -0.2) is 27.9 Å². The van der Waals surface area contributed by atoms with Crippen LogP contribution in [0.1, 0.15) is 25.8 Å². The van der Waals surface area contributed by atoms with Crippen molar-refractivity contribution >= 4 is 29.2 Å². The van der Waals surface area contributed by atoms with Crippen molar-refractivity contribution < 1.29 is 24.0 Å². The minimum Gasteiger partial charge on any atom is -0.480 e. The molecule has 0 saturated carbocycles. The summed E-state index contributed by atoms with van der Waals surface area (Å²) in [6, 6.07) is 0.513. The molecule has 0 spiro atoms. The predicted octanol–water partition coefficient (Wildman–Crippen LogP) is 2.55. The van der Waals surface area contributed by atoms with Gasteiger partial charge in [-0.15, -0.1) is 0 Å². The average Bonchev–Trinajstić information content (AvgIpc) is 2.40. The molecule has 7 nitrogen and oxygen atoms in total. The van der Waals surface area contributed by atoms with E-state index in [1.54, 1.807) is 13.8 Å². The number of nitro benzene ring substituents is 1. The number of amides is 1. The summed E-state index contributed by atoms with van der Waals surface area (Å²) in [6.07, 6.45) is -0.315. The van der Waals surface area contributed by atoms with Crippen molar-refractivity contribution in [2.24, 2.45) is 5.92 Å². The maximum absolute atomic E-state index is 13.5. The van der Waals surface area contributed by atoms with Gasteiger partial charge in [-0.05, 0) is 18.4 Å². The van der Waals surface area contributed by atoms with E-state index in [1.165, 1.54) is 0 Å². The van der Waals surface area contributed by atoms with Gasteiger partial charge in [-0.1, -0.05) is 25.4 Å². The molecule has 1 aromatic rings. The number of carboxylic acids is 1. The van der Waals surface area contributed by atoms with Crippen molar-refractivity contribution in [3.8, 4) is 0 Å². The molecule has 2 N–H and O–H groups in total. The highest BCUT2D eigenvalue weighted by atomic mass is 35.5. The van der Waals surface area contributed by atoms with Gasteiger partial charge in [0.05, 0.1) is 16.4 Å². The third-order valence-electron chi connectivity index (χ3n) is 3.01. The molecule has 0 fully saturated rings. The summed E-state index contributed by atoms with van der Waals surface area (Å²) in [6.45, 7) is 3.59. The van der Waals surface area contributed by atoms with Crippen LogP contribution in [0.25, 0.3) is 0 Å². The molecule has 1 aromatic carbocycles. The summed E-state index contributed by atoms with van der Waals surface area (Å²) >= 11 is 5.49. The first-order valence-electron chi connectivity index (χ1n) is 6.76. The fraction of sp³-hybridized carbons (Fsp3) is 0.429. The van der Waals surface area contributed by atoms with Crippen molar-refractivity contribution in [3.05, 3.63) is 38.7 Å². The van der Waals surface area contributed by atoms with Crippen molar-refractivity contribution in [2.45, 2.75) is 32.7 Å². The van der Waals surface area contributed by atoms with Gasteiger partial charge in [-0.3, -0.25) is 14.9 Å². The first-order valence-corrected chi connectivity index (χ1v) is 7.14. The Balaban J connectivity index is 2.94. The molecule has 1 atom stereocenters. The van der Waals surface area contributed by atoms with E-state index < -0.39 is 45.8 Å². The Bertz CT molecular complexity index is 636. The number of rotatable bonds is 7. The third kappa shape index (κ3) is 5.48. The number of aliphatic carboxylic acids is 1. The third-order valence-corrected chi connectivity index (χ3v) is 3.30. The molecule has 23 heavy (non-hydrogen) atoms. The lowest BCUT2D eigenvalue weighted by atomic mass is 10.0. The van der Waals surface area contributed by atoms with E-state index in [0.29, 0.717) is 0 Å². The van der Waals surface area contributed by atoms with E-state index in [9.17, 15) is 24.1 Å². The number of halogens is 2. The monoisotopic (exact) mass is 346 g/mol. The van der Waals surface area contributed by atoms with E-state index >= 15 is 0 Å².